The lowest BCUT2D eigenvalue weighted by Crippen LogP contribution is -2.29. The summed E-state index contributed by atoms with van der Waals surface area (Å²) in [5.41, 5.74) is 1.89. The van der Waals surface area contributed by atoms with Crippen LogP contribution in [0.5, 0.6) is 11.5 Å². The van der Waals surface area contributed by atoms with Gasteiger partial charge in [0.25, 0.3) is 11.7 Å². The van der Waals surface area contributed by atoms with Gasteiger partial charge in [-0.2, -0.15) is 0 Å². The quantitative estimate of drug-likeness (QED) is 0.304. The van der Waals surface area contributed by atoms with Crippen molar-refractivity contribution < 1.29 is 24.2 Å². The summed E-state index contributed by atoms with van der Waals surface area (Å²) in [6.45, 7) is 2.72. The topological polar surface area (TPSA) is 89.0 Å². The van der Waals surface area contributed by atoms with Gasteiger partial charge in [-0.25, -0.2) is 0 Å². The molecular weight excluding hydrogens is 432 g/mol. The summed E-state index contributed by atoms with van der Waals surface area (Å²) in [7, 11) is 1.58. The molecule has 1 saturated heterocycles. The van der Waals surface area contributed by atoms with Crippen molar-refractivity contribution in [2.45, 2.75) is 25.9 Å². The Hall–Kier alpha value is -4.13. The molecule has 1 unspecified atom stereocenters. The summed E-state index contributed by atoms with van der Waals surface area (Å²) >= 11 is 0. The van der Waals surface area contributed by atoms with E-state index < -0.39 is 17.7 Å². The molecule has 0 bridgehead atoms. The maximum atomic E-state index is 13.2. The Labute approximate surface area is 198 Å². The van der Waals surface area contributed by atoms with Gasteiger partial charge in [-0.1, -0.05) is 37.3 Å². The first-order valence-corrected chi connectivity index (χ1v) is 11.1. The van der Waals surface area contributed by atoms with E-state index in [4.69, 9.17) is 9.47 Å². The minimum Gasteiger partial charge on any atom is -0.507 e. The summed E-state index contributed by atoms with van der Waals surface area (Å²) in [5, 5.41) is 11.2. The number of carbonyl (C=O) groups is 2. The number of benzene rings is 2. The fourth-order valence-corrected chi connectivity index (χ4v) is 3.96. The average molecular weight is 459 g/mol. The van der Waals surface area contributed by atoms with Crippen LogP contribution in [0, 0.1) is 0 Å². The van der Waals surface area contributed by atoms with Crippen molar-refractivity contribution in [3.05, 3.63) is 95.3 Å². The second-order valence-electron chi connectivity index (χ2n) is 7.94. The molecule has 1 aromatic heterocycles. The maximum Gasteiger partial charge on any atom is 0.295 e. The van der Waals surface area contributed by atoms with Crippen LogP contribution in [0.3, 0.4) is 0 Å². The highest BCUT2D eigenvalue weighted by Crippen LogP contribution is 2.40. The Balaban J connectivity index is 1.77. The van der Waals surface area contributed by atoms with Crippen molar-refractivity contribution in [2.24, 2.45) is 0 Å². The molecule has 1 fully saturated rings. The molecule has 0 spiro atoms. The SMILES string of the molecule is CCCOc1cccc(/C(O)=C2/C(=O)C(=O)N(Cc3ccc(OC)cc3)C2c2cccnc2)c1. The smallest absolute Gasteiger partial charge is 0.295 e. The minimum atomic E-state index is -0.781. The van der Waals surface area contributed by atoms with Gasteiger partial charge < -0.3 is 19.5 Å². The molecule has 2 heterocycles. The molecule has 1 aliphatic heterocycles. The van der Waals surface area contributed by atoms with Gasteiger partial charge in [0.1, 0.15) is 17.3 Å². The predicted molar refractivity (Wildman–Crippen MR) is 127 cm³/mol. The summed E-state index contributed by atoms with van der Waals surface area (Å²) in [5.74, 6) is -0.383. The number of aliphatic hydroxyl groups excluding tert-OH is 1. The fraction of sp³-hybridized carbons (Fsp3) is 0.222. The molecule has 0 aliphatic carbocycles. The molecule has 0 saturated carbocycles. The van der Waals surface area contributed by atoms with E-state index in [1.54, 1.807) is 68.0 Å². The van der Waals surface area contributed by atoms with E-state index >= 15 is 0 Å². The van der Waals surface area contributed by atoms with Crippen molar-refractivity contribution in [3.63, 3.8) is 0 Å². The number of hydrogen-bond acceptors (Lipinski definition) is 6. The summed E-state index contributed by atoms with van der Waals surface area (Å²) in [4.78, 5) is 31.9. The highest BCUT2D eigenvalue weighted by Gasteiger charge is 2.46. The van der Waals surface area contributed by atoms with E-state index in [0.29, 0.717) is 29.2 Å². The van der Waals surface area contributed by atoms with Crippen LogP contribution in [0.2, 0.25) is 0 Å². The van der Waals surface area contributed by atoms with Crippen LogP contribution < -0.4 is 9.47 Å². The number of carbonyl (C=O) groups excluding carboxylic acids is 2. The minimum absolute atomic E-state index is 0.0270. The molecule has 3 aromatic rings. The number of aliphatic hydroxyl groups is 1. The first kappa shape index (κ1) is 23.0. The Morgan fingerprint density at radius 3 is 2.53 bits per heavy atom. The molecule has 174 valence electrons. The van der Waals surface area contributed by atoms with Gasteiger partial charge >= 0.3 is 0 Å². The third kappa shape index (κ3) is 4.64. The van der Waals surface area contributed by atoms with E-state index in [9.17, 15) is 14.7 Å². The molecule has 7 heteroatoms. The lowest BCUT2D eigenvalue weighted by atomic mass is 9.96. The second kappa shape index (κ2) is 10.2. The van der Waals surface area contributed by atoms with Crippen LogP contribution in [0.25, 0.3) is 5.76 Å². The zero-order valence-electron chi connectivity index (χ0n) is 19.1. The van der Waals surface area contributed by atoms with E-state index in [-0.39, 0.29) is 17.9 Å². The van der Waals surface area contributed by atoms with Crippen LogP contribution in [0.4, 0.5) is 0 Å². The number of rotatable bonds is 8. The summed E-state index contributed by atoms with van der Waals surface area (Å²) in [6, 6.07) is 16.9. The molecule has 7 nitrogen and oxygen atoms in total. The van der Waals surface area contributed by atoms with Gasteiger partial charge in [0.2, 0.25) is 0 Å². The molecule has 2 aromatic carbocycles. The lowest BCUT2D eigenvalue weighted by molar-refractivity contribution is -0.140. The molecule has 0 radical (unpaired) electrons. The number of likely N-dealkylation sites (tertiary alicyclic amines) is 1. The molecule has 1 aliphatic rings. The molecule has 4 rings (SSSR count). The van der Waals surface area contributed by atoms with Crippen LogP contribution in [0.1, 0.15) is 36.1 Å². The number of hydrogen-bond donors (Lipinski definition) is 1. The molecule has 34 heavy (non-hydrogen) atoms. The van der Waals surface area contributed by atoms with E-state index in [1.807, 2.05) is 19.1 Å². The van der Waals surface area contributed by atoms with Gasteiger partial charge in [0.05, 0.1) is 25.3 Å². The summed E-state index contributed by atoms with van der Waals surface area (Å²) in [6.07, 6.45) is 4.06. The van der Waals surface area contributed by atoms with E-state index in [2.05, 4.69) is 4.98 Å². The zero-order chi connectivity index (χ0) is 24.1. The Morgan fingerprint density at radius 2 is 1.85 bits per heavy atom. The Bertz CT molecular complexity index is 1210. The maximum absolute atomic E-state index is 13.2. The third-order valence-electron chi connectivity index (χ3n) is 5.63. The zero-order valence-corrected chi connectivity index (χ0v) is 19.1. The monoisotopic (exact) mass is 458 g/mol. The molecule has 1 amide bonds. The standard InChI is InChI=1S/C27H26N2O5/c1-3-14-34-22-8-4-6-19(15-22)25(30)23-24(20-7-5-13-28-16-20)29(27(32)26(23)31)17-18-9-11-21(33-2)12-10-18/h4-13,15-16,24,30H,3,14,17H2,1-2H3/b25-23-. The molecule has 1 N–H and O–H groups in total. The first-order chi connectivity index (χ1) is 16.5. The van der Waals surface area contributed by atoms with Gasteiger partial charge in [-0.3, -0.25) is 14.6 Å². The van der Waals surface area contributed by atoms with Crippen molar-refractivity contribution in [3.8, 4) is 11.5 Å². The number of methoxy groups -OCH3 is 1. The van der Waals surface area contributed by atoms with E-state index in [1.165, 1.54) is 4.90 Å². The number of amides is 1. The van der Waals surface area contributed by atoms with Crippen molar-refractivity contribution in [1.82, 2.24) is 9.88 Å². The van der Waals surface area contributed by atoms with E-state index in [0.717, 1.165) is 12.0 Å². The van der Waals surface area contributed by atoms with Crippen LogP contribution in [0.15, 0.2) is 78.6 Å². The highest BCUT2D eigenvalue weighted by molar-refractivity contribution is 6.46. The van der Waals surface area contributed by atoms with Crippen molar-refractivity contribution >= 4 is 17.4 Å². The van der Waals surface area contributed by atoms with Gasteiger partial charge in [-0.05, 0) is 47.9 Å². The second-order valence-corrected chi connectivity index (χ2v) is 7.94. The molecular formula is C27H26N2O5. The Kier molecular flexibility index (Phi) is 6.92. The molecule has 1 atom stereocenters. The fourth-order valence-electron chi connectivity index (χ4n) is 3.96. The van der Waals surface area contributed by atoms with Crippen LogP contribution in [-0.4, -0.2) is 40.4 Å². The van der Waals surface area contributed by atoms with Crippen LogP contribution in [-0.2, 0) is 16.1 Å². The highest BCUT2D eigenvalue weighted by atomic mass is 16.5. The number of nitrogens with zero attached hydrogens (tertiary/aromatic N) is 2. The lowest BCUT2D eigenvalue weighted by Gasteiger charge is -2.25. The average Bonchev–Trinajstić information content (AvgIpc) is 3.13. The number of ether oxygens (including phenoxy) is 2. The Morgan fingerprint density at radius 1 is 1.06 bits per heavy atom. The van der Waals surface area contributed by atoms with Gasteiger partial charge in [-0.15, -0.1) is 0 Å². The third-order valence-corrected chi connectivity index (χ3v) is 5.63. The summed E-state index contributed by atoms with van der Waals surface area (Å²) < 4.78 is 10.9. The number of aromatic nitrogens is 1. The van der Waals surface area contributed by atoms with Crippen molar-refractivity contribution in [1.29, 1.82) is 0 Å². The number of ketones is 1. The van der Waals surface area contributed by atoms with Crippen molar-refractivity contribution in [2.75, 3.05) is 13.7 Å². The number of Topliss-reactive ketones (excluding diaryl/α,β-unsaturated/α-hetero) is 1. The predicted octanol–water partition coefficient (Wildman–Crippen LogP) is 4.50. The van der Waals surface area contributed by atoms with Gasteiger partial charge in [0.15, 0.2) is 0 Å². The number of pyridine rings is 1. The largest absolute Gasteiger partial charge is 0.507 e. The van der Waals surface area contributed by atoms with Gasteiger partial charge in [0, 0.05) is 24.5 Å². The normalized spacial score (nSPS) is 17.1. The van der Waals surface area contributed by atoms with Crippen LogP contribution >= 0.6 is 0 Å². The first-order valence-electron chi connectivity index (χ1n) is 11.1.